The Hall–Kier alpha value is -2.83. The Balaban J connectivity index is 1.66. The minimum atomic E-state index is -0.323. The third-order valence-electron chi connectivity index (χ3n) is 3.24. The van der Waals surface area contributed by atoms with E-state index >= 15 is 0 Å². The van der Waals surface area contributed by atoms with Crippen LogP contribution in [-0.4, -0.2) is 35.6 Å². The van der Waals surface area contributed by atoms with E-state index in [1.807, 2.05) is 0 Å². The van der Waals surface area contributed by atoms with E-state index in [2.05, 4.69) is 27.5 Å². The number of hydrogen-bond donors (Lipinski definition) is 2. The minimum Gasteiger partial charge on any atom is -0.486 e. The molecule has 1 aromatic heterocycles. The lowest BCUT2D eigenvalue weighted by atomic mass is 10.2. The Morgan fingerprint density at radius 3 is 2.74 bits per heavy atom. The van der Waals surface area contributed by atoms with Crippen molar-refractivity contribution in [2.24, 2.45) is 0 Å². The monoisotopic (exact) mass is 314 g/mol. The summed E-state index contributed by atoms with van der Waals surface area (Å²) in [6, 6.07) is 5.26. The summed E-state index contributed by atoms with van der Waals surface area (Å²) in [5.74, 6) is 1.64. The first-order valence-corrected chi connectivity index (χ1v) is 7.53. The molecule has 1 aliphatic rings. The number of nitrogens with zero attached hydrogens (tertiary/aromatic N) is 2. The smallest absolute Gasteiger partial charge is 0.275 e. The van der Waals surface area contributed by atoms with Crippen LogP contribution in [0.1, 0.15) is 23.8 Å². The van der Waals surface area contributed by atoms with Gasteiger partial charge in [0.05, 0.1) is 12.4 Å². The van der Waals surface area contributed by atoms with Crippen molar-refractivity contribution in [3.63, 3.8) is 0 Å². The van der Waals surface area contributed by atoms with Crippen molar-refractivity contribution in [3.05, 3.63) is 36.3 Å². The molecule has 0 aliphatic carbocycles. The highest BCUT2D eigenvalue weighted by Crippen LogP contribution is 2.32. The third-order valence-corrected chi connectivity index (χ3v) is 3.24. The lowest BCUT2D eigenvalue weighted by Gasteiger charge is -2.18. The summed E-state index contributed by atoms with van der Waals surface area (Å²) in [6.45, 7) is 3.92. The number of benzene rings is 1. The van der Waals surface area contributed by atoms with Crippen molar-refractivity contribution in [3.8, 4) is 11.5 Å². The van der Waals surface area contributed by atoms with Gasteiger partial charge in [-0.2, -0.15) is 0 Å². The summed E-state index contributed by atoms with van der Waals surface area (Å²) in [5, 5.41) is 5.88. The van der Waals surface area contributed by atoms with Gasteiger partial charge in [0, 0.05) is 18.3 Å². The molecular weight excluding hydrogens is 296 g/mol. The number of fused-ring (bicyclic) bond motifs is 1. The van der Waals surface area contributed by atoms with Gasteiger partial charge in [-0.05, 0) is 18.6 Å². The predicted octanol–water partition coefficient (Wildman–Crippen LogP) is 2.32. The third kappa shape index (κ3) is 3.68. The van der Waals surface area contributed by atoms with Gasteiger partial charge in [0.15, 0.2) is 11.5 Å². The predicted molar refractivity (Wildman–Crippen MR) is 86.2 cm³/mol. The zero-order chi connectivity index (χ0) is 16.1. The molecule has 120 valence electrons. The van der Waals surface area contributed by atoms with Crippen molar-refractivity contribution < 1.29 is 14.3 Å². The van der Waals surface area contributed by atoms with Crippen LogP contribution in [0.15, 0.2) is 30.6 Å². The molecule has 0 atom stereocenters. The van der Waals surface area contributed by atoms with Gasteiger partial charge in [0.2, 0.25) is 0 Å². The first-order valence-electron chi connectivity index (χ1n) is 7.53. The van der Waals surface area contributed by atoms with Crippen molar-refractivity contribution in [2.75, 3.05) is 30.4 Å². The van der Waals surface area contributed by atoms with Crippen LogP contribution in [0, 0.1) is 0 Å². The first kappa shape index (κ1) is 15.1. The summed E-state index contributed by atoms with van der Waals surface area (Å²) < 4.78 is 10.9. The summed E-state index contributed by atoms with van der Waals surface area (Å²) in [5.41, 5.74) is 0.871. The van der Waals surface area contributed by atoms with Crippen LogP contribution in [0.25, 0.3) is 0 Å². The van der Waals surface area contributed by atoms with E-state index in [0.29, 0.717) is 36.2 Å². The largest absolute Gasteiger partial charge is 0.486 e. The van der Waals surface area contributed by atoms with Crippen LogP contribution in [0.5, 0.6) is 11.5 Å². The maximum atomic E-state index is 12.2. The van der Waals surface area contributed by atoms with Gasteiger partial charge in [-0.1, -0.05) is 6.92 Å². The van der Waals surface area contributed by atoms with Gasteiger partial charge in [0.1, 0.15) is 24.7 Å². The van der Waals surface area contributed by atoms with E-state index in [1.54, 1.807) is 24.4 Å². The molecule has 0 radical (unpaired) electrons. The Kier molecular flexibility index (Phi) is 4.56. The van der Waals surface area contributed by atoms with Crippen molar-refractivity contribution in [2.45, 2.75) is 13.3 Å². The fourth-order valence-corrected chi connectivity index (χ4v) is 2.11. The van der Waals surface area contributed by atoms with Crippen LogP contribution in [0.4, 0.5) is 11.5 Å². The molecule has 2 N–H and O–H groups in total. The van der Waals surface area contributed by atoms with Crippen molar-refractivity contribution in [1.82, 2.24) is 9.97 Å². The van der Waals surface area contributed by atoms with Crippen LogP contribution in [0.3, 0.4) is 0 Å². The molecule has 1 aliphatic heterocycles. The molecule has 7 nitrogen and oxygen atoms in total. The molecule has 0 bridgehead atoms. The topological polar surface area (TPSA) is 85.4 Å². The Labute approximate surface area is 134 Å². The highest BCUT2D eigenvalue weighted by Gasteiger charge is 2.14. The van der Waals surface area contributed by atoms with Gasteiger partial charge >= 0.3 is 0 Å². The number of carbonyl (C=O) groups excluding carboxylic acids is 1. The van der Waals surface area contributed by atoms with Crippen molar-refractivity contribution in [1.29, 1.82) is 0 Å². The molecule has 2 heterocycles. The molecule has 0 saturated carbocycles. The molecule has 1 aromatic carbocycles. The normalized spacial score (nSPS) is 12.6. The Morgan fingerprint density at radius 1 is 1.17 bits per heavy atom. The van der Waals surface area contributed by atoms with E-state index in [4.69, 9.17) is 9.47 Å². The van der Waals surface area contributed by atoms with Gasteiger partial charge in [0.25, 0.3) is 5.91 Å². The second-order valence-corrected chi connectivity index (χ2v) is 5.03. The Morgan fingerprint density at radius 2 is 2.00 bits per heavy atom. The molecule has 7 heteroatoms. The van der Waals surface area contributed by atoms with E-state index < -0.39 is 0 Å². The highest BCUT2D eigenvalue weighted by atomic mass is 16.6. The van der Waals surface area contributed by atoms with E-state index in [9.17, 15) is 4.79 Å². The van der Waals surface area contributed by atoms with E-state index in [0.717, 1.165) is 13.0 Å². The standard InChI is InChI=1S/C16H18N4O3/c1-2-5-17-15-10-18-12(9-19-15)16(21)20-11-3-4-13-14(8-11)23-7-6-22-13/h3-4,8-10H,2,5-7H2,1H3,(H,17,19)(H,20,21). The number of hydrogen-bond acceptors (Lipinski definition) is 6. The minimum absolute atomic E-state index is 0.252. The summed E-state index contributed by atoms with van der Waals surface area (Å²) >= 11 is 0. The molecule has 0 unspecified atom stereocenters. The van der Waals surface area contributed by atoms with Gasteiger partial charge in [-0.25, -0.2) is 9.97 Å². The van der Waals surface area contributed by atoms with Crippen LogP contribution >= 0.6 is 0 Å². The average molecular weight is 314 g/mol. The average Bonchev–Trinajstić information content (AvgIpc) is 2.60. The lowest BCUT2D eigenvalue weighted by molar-refractivity contribution is 0.102. The fraction of sp³-hybridized carbons (Fsp3) is 0.312. The molecule has 3 rings (SSSR count). The van der Waals surface area contributed by atoms with Gasteiger partial charge in [-0.15, -0.1) is 0 Å². The summed E-state index contributed by atoms with van der Waals surface area (Å²) in [6.07, 6.45) is 3.99. The van der Waals surface area contributed by atoms with Crippen LogP contribution in [0.2, 0.25) is 0 Å². The van der Waals surface area contributed by atoms with Gasteiger partial charge in [-0.3, -0.25) is 4.79 Å². The van der Waals surface area contributed by atoms with Crippen LogP contribution < -0.4 is 20.1 Å². The molecule has 0 spiro atoms. The maximum absolute atomic E-state index is 12.2. The number of ether oxygens (including phenoxy) is 2. The molecule has 23 heavy (non-hydrogen) atoms. The van der Waals surface area contributed by atoms with Crippen LogP contribution in [-0.2, 0) is 0 Å². The van der Waals surface area contributed by atoms with E-state index in [1.165, 1.54) is 6.20 Å². The second kappa shape index (κ2) is 6.95. The molecule has 2 aromatic rings. The highest BCUT2D eigenvalue weighted by molar-refractivity contribution is 6.02. The SMILES string of the molecule is CCCNc1cnc(C(=O)Nc2ccc3c(c2)OCCO3)cn1. The first-order chi connectivity index (χ1) is 11.3. The van der Waals surface area contributed by atoms with Crippen molar-refractivity contribution >= 4 is 17.4 Å². The molecule has 0 saturated heterocycles. The maximum Gasteiger partial charge on any atom is 0.275 e. The fourth-order valence-electron chi connectivity index (χ4n) is 2.11. The Bertz CT molecular complexity index is 688. The summed E-state index contributed by atoms with van der Waals surface area (Å²) in [7, 11) is 0. The number of rotatable bonds is 5. The number of anilines is 2. The second-order valence-electron chi connectivity index (χ2n) is 5.03. The molecular formula is C16H18N4O3. The number of amides is 1. The number of nitrogens with one attached hydrogen (secondary N) is 2. The molecule has 1 amide bonds. The van der Waals surface area contributed by atoms with E-state index in [-0.39, 0.29) is 11.6 Å². The zero-order valence-corrected chi connectivity index (χ0v) is 12.8. The summed E-state index contributed by atoms with van der Waals surface area (Å²) in [4.78, 5) is 20.5. The number of aromatic nitrogens is 2. The van der Waals surface area contributed by atoms with Gasteiger partial charge < -0.3 is 20.1 Å². The zero-order valence-electron chi connectivity index (χ0n) is 12.8. The lowest BCUT2D eigenvalue weighted by Crippen LogP contribution is -2.17. The quantitative estimate of drug-likeness (QED) is 0.881. The molecule has 0 fully saturated rings. The number of carbonyl (C=O) groups is 1.